The standard InChI is InChI=1S/C6H13N3O2/c7-4-1-2-9(6(10)11)3-5(4)8/h4-5H,1-3,7-8H2,(H,10,11)/t4-,5+/m1/s1. The van der Waals surface area contributed by atoms with Gasteiger partial charge >= 0.3 is 6.09 Å². The van der Waals surface area contributed by atoms with Gasteiger partial charge in [0.25, 0.3) is 0 Å². The van der Waals surface area contributed by atoms with Gasteiger partial charge in [-0.3, -0.25) is 0 Å². The molecule has 1 aliphatic heterocycles. The van der Waals surface area contributed by atoms with E-state index in [-0.39, 0.29) is 12.1 Å². The molecule has 0 bridgehead atoms. The Kier molecular flexibility index (Phi) is 2.31. The largest absolute Gasteiger partial charge is 0.465 e. The molecule has 1 saturated heterocycles. The predicted octanol–water partition coefficient (Wildman–Crippen LogP) is -0.975. The monoisotopic (exact) mass is 159 g/mol. The molecule has 11 heavy (non-hydrogen) atoms. The summed E-state index contributed by atoms with van der Waals surface area (Å²) in [7, 11) is 0. The van der Waals surface area contributed by atoms with E-state index in [9.17, 15) is 4.79 Å². The van der Waals surface area contributed by atoms with Crippen LogP contribution in [0.4, 0.5) is 4.79 Å². The molecule has 1 aliphatic rings. The molecule has 1 rings (SSSR count). The van der Waals surface area contributed by atoms with Crippen molar-refractivity contribution in [2.45, 2.75) is 18.5 Å². The lowest BCUT2D eigenvalue weighted by molar-refractivity contribution is 0.126. The lowest BCUT2D eigenvalue weighted by atomic mass is 10.0. The quantitative estimate of drug-likeness (QED) is 0.423. The van der Waals surface area contributed by atoms with Crippen LogP contribution in [0.1, 0.15) is 6.42 Å². The van der Waals surface area contributed by atoms with Crippen molar-refractivity contribution in [3.05, 3.63) is 0 Å². The minimum absolute atomic E-state index is 0.0504. The Morgan fingerprint density at radius 3 is 2.55 bits per heavy atom. The van der Waals surface area contributed by atoms with Crippen molar-refractivity contribution in [2.24, 2.45) is 11.5 Å². The summed E-state index contributed by atoms with van der Waals surface area (Å²) in [6.45, 7) is 0.862. The van der Waals surface area contributed by atoms with Crippen molar-refractivity contribution in [3.63, 3.8) is 0 Å². The molecular weight excluding hydrogens is 146 g/mol. The topological polar surface area (TPSA) is 92.6 Å². The first-order chi connectivity index (χ1) is 5.11. The molecular formula is C6H13N3O2. The van der Waals surface area contributed by atoms with E-state index in [0.717, 1.165) is 0 Å². The third kappa shape index (κ3) is 1.81. The van der Waals surface area contributed by atoms with Gasteiger partial charge in [0.15, 0.2) is 0 Å². The SMILES string of the molecule is N[C@@H]1CCN(C(=O)O)C[C@@H]1N. The second-order valence-electron chi connectivity index (χ2n) is 2.84. The number of piperidine rings is 1. The number of amides is 1. The van der Waals surface area contributed by atoms with Crippen LogP contribution in [0.2, 0.25) is 0 Å². The zero-order chi connectivity index (χ0) is 8.43. The van der Waals surface area contributed by atoms with Crippen LogP contribution in [0.3, 0.4) is 0 Å². The molecule has 1 heterocycles. The average molecular weight is 159 g/mol. The van der Waals surface area contributed by atoms with E-state index >= 15 is 0 Å². The zero-order valence-corrected chi connectivity index (χ0v) is 6.23. The Labute approximate surface area is 65.0 Å². The third-order valence-corrected chi connectivity index (χ3v) is 1.98. The van der Waals surface area contributed by atoms with Gasteiger partial charge in [0.1, 0.15) is 0 Å². The molecule has 2 atom stereocenters. The summed E-state index contributed by atoms with van der Waals surface area (Å²) in [5.41, 5.74) is 11.2. The van der Waals surface area contributed by atoms with Gasteiger partial charge in [-0.15, -0.1) is 0 Å². The van der Waals surface area contributed by atoms with E-state index in [0.29, 0.717) is 19.5 Å². The van der Waals surface area contributed by atoms with Gasteiger partial charge in [-0.2, -0.15) is 0 Å². The summed E-state index contributed by atoms with van der Waals surface area (Å²) < 4.78 is 0. The molecule has 0 spiro atoms. The molecule has 0 aromatic carbocycles. The first-order valence-corrected chi connectivity index (χ1v) is 3.60. The van der Waals surface area contributed by atoms with Crippen LogP contribution < -0.4 is 11.5 Å². The van der Waals surface area contributed by atoms with Gasteiger partial charge in [-0.05, 0) is 6.42 Å². The minimum atomic E-state index is -0.910. The van der Waals surface area contributed by atoms with Gasteiger partial charge in [-0.1, -0.05) is 0 Å². The number of carboxylic acid groups (broad SMARTS) is 1. The van der Waals surface area contributed by atoms with Crippen LogP contribution in [0.5, 0.6) is 0 Å². The number of hydrogen-bond acceptors (Lipinski definition) is 3. The second-order valence-corrected chi connectivity index (χ2v) is 2.84. The van der Waals surface area contributed by atoms with Crippen LogP contribution in [-0.4, -0.2) is 41.3 Å². The normalized spacial score (nSPS) is 32.0. The number of hydrogen-bond donors (Lipinski definition) is 3. The third-order valence-electron chi connectivity index (χ3n) is 1.98. The smallest absolute Gasteiger partial charge is 0.407 e. The predicted molar refractivity (Wildman–Crippen MR) is 40.2 cm³/mol. The van der Waals surface area contributed by atoms with E-state index < -0.39 is 6.09 Å². The number of rotatable bonds is 0. The van der Waals surface area contributed by atoms with Crippen molar-refractivity contribution in [1.82, 2.24) is 4.90 Å². The number of nitrogens with zero attached hydrogens (tertiary/aromatic N) is 1. The van der Waals surface area contributed by atoms with Gasteiger partial charge in [0, 0.05) is 25.2 Å². The Hall–Kier alpha value is -0.810. The molecule has 5 heteroatoms. The maximum atomic E-state index is 10.4. The minimum Gasteiger partial charge on any atom is -0.465 e. The Morgan fingerprint density at radius 2 is 2.09 bits per heavy atom. The van der Waals surface area contributed by atoms with Gasteiger partial charge in [0.05, 0.1) is 0 Å². The molecule has 1 amide bonds. The van der Waals surface area contributed by atoms with Crippen LogP contribution >= 0.6 is 0 Å². The summed E-state index contributed by atoms with van der Waals surface area (Å²) in [6, 6.07) is -0.259. The van der Waals surface area contributed by atoms with Crippen molar-refractivity contribution in [3.8, 4) is 0 Å². The lowest BCUT2D eigenvalue weighted by Gasteiger charge is -2.32. The first kappa shape index (κ1) is 8.29. The summed E-state index contributed by atoms with van der Waals surface area (Å²) >= 11 is 0. The van der Waals surface area contributed by atoms with E-state index in [2.05, 4.69) is 0 Å². The molecule has 0 aliphatic carbocycles. The fraction of sp³-hybridized carbons (Fsp3) is 0.833. The van der Waals surface area contributed by atoms with Crippen LogP contribution in [0.25, 0.3) is 0 Å². The maximum Gasteiger partial charge on any atom is 0.407 e. The Bertz CT molecular complexity index is 162. The second kappa shape index (κ2) is 3.06. The molecule has 0 unspecified atom stereocenters. The highest BCUT2D eigenvalue weighted by molar-refractivity contribution is 5.65. The fourth-order valence-corrected chi connectivity index (χ4v) is 1.17. The maximum absolute atomic E-state index is 10.4. The highest BCUT2D eigenvalue weighted by Crippen LogP contribution is 2.06. The summed E-state index contributed by atoms with van der Waals surface area (Å²) in [5.74, 6) is 0. The van der Waals surface area contributed by atoms with Crippen LogP contribution in [0, 0.1) is 0 Å². The fourth-order valence-electron chi connectivity index (χ4n) is 1.17. The van der Waals surface area contributed by atoms with Crippen LogP contribution in [-0.2, 0) is 0 Å². The zero-order valence-electron chi connectivity index (χ0n) is 6.23. The Morgan fingerprint density at radius 1 is 1.45 bits per heavy atom. The van der Waals surface area contributed by atoms with Gasteiger partial charge < -0.3 is 21.5 Å². The highest BCUT2D eigenvalue weighted by atomic mass is 16.4. The van der Waals surface area contributed by atoms with E-state index in [1.807, 2.05) is 0 Å². The van der Waals surface area contributed by atoms with Crippen LogP contribution in [0.15, 0.2) is 0 Å². The molecule has 5 N–H and O–H groups in total. The molecule has 0 saturated carbocycles. The first-order valence-electron chi connectivity index (χ1n) is 3.60. The van der Waals surface area contributed by atoms with E-state index in [1.54, 1.807) is 0 Å². The average Bonchev–Trinajstić information content (AvgIpc) is 1.94. The molecule has 64 valence electrons. The lowest BCUT2D eigenvalue weighted by Crippen LogP contribution is -2.55. The highest BCUT2D eigenvalue weighted by Gasteiger charge is 2.25. The van der Waals surface area contributed by atoms with E-state index in [1.165, 1.54) is 4.90 Å². The van der Waals surface area contributed by atoms with E-state index in [4.69, 9.17) is 16.6 Å². The summed E-state index contributed by atoms with van der Waals surface area (Å²) in [4.78, 5) is 11.7. The molecule has 1 fully saturated rings. The number of likely N-dealkylation sites (tertiary alicyclic amines) is 1. The molecule has 0 radical (unpaired) electrons. The van der Waals surface area contributed by atoms with Crippen molar-refractivity contribution < 1.29 is 9.90 Å². The number of carbonyl (C=O) groups is 1. The summed E-state index contributed by atoms with van der Waals surface area (Å²) in [5, 5.41) is 8.57. The molecule has 5 nitrogen and oxygen atoms in total. The van der Waals surface area contributed by atoms with Crippen molar-refractivity contribution >= 4 is 6.09 Å². The number of nitrogens with two attached hydrogens (primary N) is 2. The summed E-state index contributed by atoms with van der Waals surface area (Å²) in [6.07, 6.45) is -0.250. The van der Waals surface area contributed by atoms with Crippen molar-refractivity contribution in [2.75, 3.05) is 13.1 Å². The van der Waals surface area contributed by atoms with Crippen molar-refractivity contribution in [1.29, 1.82) is 0 Å². The molecule has 0 aromatic heterocycles. The van der Waals surface area contributed by atoms with Gasteiger partial charge in [-0.25, -0.2) is 4.79 Å². The molecule has 0 aromatic rings. The van der Waals surface area contributed by atoms with Gasteiger partial charge in [0.2, 0.25) is 0 Å². The Balaban J connectivity index is 2.46.